The highest BCUT2D eigenvalue weighted by atomic mass is 16.5. The summed E-state index contributed by atoms with van der Waals surface area (Å²) in [6.07, 6.45) is 4.00. The summed E-state index contributed by atoms with van der Waals surface area (Å²) in [4.78, 5) is 11.5. The first-order valence-corrected chi connectivity index (χ1v) is 6.43. The smallest absolute Gasteiger partial charge is 0.337 e. The van der Waals surface area contributed by atoms with Crippen LogP contribution in [-0.2, 0) is 9.47 Å². The molecule has 0 unspecified atom stereocenters. The lowest BCUT2D eigenvalue weighted by atomic mass is 10.1. The molecule has 1 saturated heterocycles. The summed E-state index contributed by atoms with van der Waals surface area (Å²) in [5.74, 6) is -0.331. The number of ether oxygens (including phenoxy) is 2. The zero-order chi connectivity index (χ0) is 13.2. The van der Waals surface area contributed by atoms with Crippen LogP contribution in [0.5, 0.6) is 0 Å². The van der Waals surface area contributed by atoms with E-state index in [1.54, 1.807) is 12.1 Å². The van der Waals surface area contributed by atoms with Gasteiger partial charge in [-0.25, -0.2) is 4.79 Å². The lowest BCUT2D eigenvalue weighted by molar-refractivity contribution is 0.0601. The lowest BCUT2D eigenvalue weighted by Crippen LogP contribution is -2.19. The molecule has 3 rings (SSSR count). The molecular formula is C14H16N2O3. The minimum atomic E-state index is -0.331. The van der Waals surface area contributed by atoms with E-state index in [4.69, 9.17) is 9.47 Å². The van der Waals surface area contributed by atoms with Crippen molar-refractivity contribution < 1.29 is 14.3 Å². The lowest BCUT2D eigenvalue weighted by Gasteiger charge is -2.22. The molecule has 100 valence electrons. The number of carbonyl (C=O) groups is 1. The maximum absolute atomic E-state index is 11.5. The summed E-state index contributed by atoms with van der Waals surface area (Å²) in [5.41, 5.74) is 1.36. The van der Waals surface area contributed by atoms with Crippen molar-refractivity contribution in [2.75, 3.05) is 20.3 Å². The van der Waals surface area contributed by atoms with Crippen molar-refractivity contribution in [1.29, 1.82) is 0 Å². The molecule has 1 aliphatic rings. The Morgan fingerprint density at radius 2 is 2.21 bits per heavy atom. The fraction of sp³-hybridized carbons (Fsp3) is 0.429. The fourth-order valence-corrected chi connectivity index (χ4v) is 2.42. The van der Waals surface area contributed by atoms with Gasteiger partial charge < -0.3 is 9.47 Å². The molecular weight excluding hydrogens is 244 g/mol. The van der Waals surface area contributed by atoms with E-state index in [1.807, 2.05) is 16.9 Å². The zero-order valence-electron chi connectivity index (χ0n) is 10.8. The molecule has 1 aromatic carbocycles. The third-order valence-corrected chi connectivity index (χ3v) is 3.51. The van der Waals surface area contributed by atoms with Gasteiger partial charge in [0.25, 0.3) is 0 Å². The topological polar surface area (TPSA) is 53.4 Å². The average Bonchev–Trinajstić information content (AvgIpc) is 2.90. The van der Waals surface area contributed by atoms with Crippen LogP contribution in [0.25, 0.3) is 10.9 Å². The summed E-state index contributed by atoms with van der Waals surface area (Å²) in [5, 5.41) is 5.61. The molecule has 5 nitrogen and oxygen atoms in total. The van der Waals surface area contributed by atoms with Gasteiger partial charge in [-0.2, -0.15) is 5.10 Å². The molecule has 2 aromatic rings. The second-order valence-electron chi connectivity index (χ2n) is 4.72. The quantitative estimate of drug-likeness (QED) is 0.777. The number of methoxy groups -OCH3 is 1. The molecule has 1 aromatic heterocycles. The van der Waals surface area contributed by atoms with Gasteiger partial charge in [0, 0.05) is 24.8 Å². The molecule has 0 bridgehead atoms. The summed E-state index contributed by atoms with van der Waals surface area (Å²) in [7, 11) is 1.38. The molecule has 0 N–H and O–H groups in total. The Morgan fingerprint density at radius 1 is 1.42 bits per heavy atom. The number of hydrogen-bond acceptors (Lipinski definition) is 4. The first-order chi connectivity index (χ1) is 9.28. The van der Waals surface area contributed by atoms with Gasteiger partial charge in [0.05, 0.1) is 24.2 Å². The van der Waals surface area contributed by atoms with E-state index < -0.39 is 0 Å². The first kappa shape index (κ1) is 12.2. The molecule has 0 aliphatic carbocycles. The van der Waals surface area contributed by atoms with Gasteiger partial charge in [0.1, 0.15) is 0 Å². The van der Waals surface area contributed by atoms with Crippen molar-refractivity contribution in [2.24, 2.45) is 0 Å². The van der Waals surface area contributed by atoms with E-state index in [1.165, 1.54) is 7.11 Å². The number of nitrogens with zero attached hydrogens (tertiary/aromatic N) is 2. The van der Waals surface area contributed by atoms with Crippen molar-refractivity contribution in [2.45, 2.75) is 18.9 Å². The predicted molar refractivity (Wildman–Crippen MR) is 70.2 cm³/mol. The van der Waals surface area contributed by atoms with Crippen LogP contribution in [0.3, 0.4) is 0 Å². The Labute approximate surface area is 111 Å². The van der Waals surface area contributed by atoms with E-state index in [2.05, 4.69) is 5.10 Å². The number of benzene rings is 1. The Kier molecular flexibility index (Phi) is 3.21. The molecule has 2 heterocycles. The average molecular weight is 260 g/mol. The van der Waals surface area contributed by atoms with E-state index in [9.17, 15) is 4.79 Å². The van der Waals surface area contributed by atoms with Crippen LogP contribution in [0.15, 0.2) is 24.4 Å². The van der Waals surface area contributed by atoms with Crippen molar-refractivity contribution in [3.63, 3.8) is 0 Å². The summed E-state index contributed by atoms with van der Waals surface area (Å²) >= 11 is 0. The molecule has 0 atom stereocenters. The molecule has 0 radical (unpaired) electrons. The van der Waals surface area contributed by atoms with Gasteiger partial charge in [-0.1, -0.05) is 6.07 Å². The number of esters is 1. The normalized spacial score (nSPS) is 16.7. The van der Waals surface area contributed by atoms with Crippen LogP contribution < -0.4 is 0 Å². The van der Waals surface area contributed by atoms with Crippen LogP contribution >= 0.6 is 0 Å². The predicted octanol–water partition coefficient (Wildman–Crippen LogP) is 2.17. The van der Waals surface area contributed by atoms with E-state index in [0.717, 1.165) is 37.0 Å². The molecule has 0 spiro atoms. The van der Waals surface area contributed by atoms with E-state index in [-0.39, 0.29) is 5.97 Å². The van der Waals surface area contributed by atoms with Gasteiger partial charge >= 0.3 is 5.97 Å². The SMILES string of the molecule is COC(=O)c1ccc2cn(C3CCOCC3)nc2c1. The zero-order valence-corrected chi connectivity index (χ0v) is 10.8. The van der Waals surface area contributed by atoms with Crippen LogP contribution in [0.1, 0.15) is 29.2 Å². The van der Waals surface area contributed by atoms with Crippen LogP contribution in [0.2, 0.25) is 0 Å². The first-order valence-electron chi connectivity index (χ1n) is 6.43. The Bertz CT molecular complexity index is 600. The van der Waals surface area contributed by atoms with Gasteiger partial charge in [-0.05, 0) is 25.0 Å². The molecule has 5 heteroatoms. The molecule has 0 amide bonds. The highest BCUT2D eigenvalue weighted by molar-refractivity contribution is 5.94. The highest BCUT2D eigenvalue weighted by Crippen LogP contribution is 2.23. The number of aromatic nitrogens is 2. The van der Waals surface area contributed by atoms with Crippen molar-refractivity contribution in [3.8, 4) is 0 Å². The number of fused-ring (bicyclic) bond motifs is 1. The minimum absolute atomic E-state index is 0.331. The van der Waals surface area contributed by atoms with E-state index in [0.29, 0.717) is 11.6 Å². The maximum atomic E-state index is 11.5. The van der Waals surface area contributed by atoms with Crippen LogP contribution in [0.4, 0.5) is 0 Å². The molecule has 19 heavy (non-hydrogen) atoms. The fourth-order valence-electron chi connectivity index (χ4n) is 2.42. The van der Waals surface area contributed by atoms with Gasteiger partial charge in [0.15, 0.2) is 0 Å². The minimum Gasteiger partial charge on any atom is -0.465 e. The van der Waals surface area contributed by atoms with E-state index >= 15 is 0 Å². The second-order valence-corrected chi connectivity index (χ2v) is 4.72. The third kappa shape index (κ3) is 2.33. The molecule has 0 saturated carbocycles. The highest BCUT2D eigenvalue weighted by Gasteiger charge is 2.17. The second kappa shape index (κ2) is 5.01. The monoisotopic (exact) mass is 260 g/mol. The van der Waals surface area contributed by atoms with Gasteiger partial charge in [0.2, 0.25) is 0 Å². The number of carbonyl (C=O) groups excluding carboxylic acids is 1. The van der Waals surface area contributed by atoms with Gasteiger partial charge in [-0.15, -0.1) is 0 Å². The summed E-state index contributed by atoms with van der Waals surface area (Å²) in [6, 6.07) is 5.84. The van der Waals surface area contributed by atoms with Crippen molar-refractivity contribution >= 4 is 16.9 Å². The summed E-state index contributed by atoms with van der Waals surface area (Å²) in [6.45, 7) is 1.57. The van der Waals surface area contributed by atoms with Crippen molar-refractivity contribution in [1.82, 2.24) is 9.78 Å². The van der Waals surface area contributed by atoms with Crippen LogP contribution in [0, 0.1) is 0 Å². The van der Waals surface area contributed by atoms with Gasteiger partial charge in [-0.3, -0.25) is 4.68 Å². The molecule has 1 fully saturated rings. The standard InChI is InChI=1S/C14H16N2O3/c1-18-14(17)10-2-3-11-9-16(15-13(11)8-10)12-4-6-19-7-5-12/h2-3,8-9,12H,4-7H2,1H3. The Hall–Kier alpha value is -1.88. The van der Waals surface area contributed by atoms with Crippen LogP contribution in [-0.4, -0.2) is 36.1 Å². The maximum Gasteiger partial charge on any atom is 0.337 e. The number of rotatable bonds is 2. The van der Waals surface area contributed by atoms with Crippen molar-refractivity contribution in [3.05, 3.63) is 30.0 Å². The molecule has 1 aliphatic heterocycles. The Balaban J connectivity index is 1.93. The Morgan fingerprint density at radius 3 is 2.95 bits per heavy atom. The third-order valence-electron chi connectivity index (χ3n) is 3.51. The number of hydrogen-bond donors (Lipinski definition) is 0. The largest absolute Gasteiger partial charge is 0.465 e. The summed E-state index contributed by atoms with van der Waals surface area (Å²) < 4.78 is 12.1.